The fraction of sp³-hybridized carbons (Fsp3) is 0.250. The molecule has 0 amide bonds. The van der Waals surface area contributed by atoms with Gasteiger partial charge in [-0.2, -0.15) is 0 Å². The van der Waals surface area contributed by atoms with Gasteiger partial charge in [0, 0.05) is 41.8 Å². The molecule has 0 saturated carbocycles. The molecule has 6 heteroatoms. The zero-order valence-electron chi connectivity index (χ0n) is 17.0. The van der Waals surface area contributed by atoms with Crippen LogP contribution in [0.25, 0.3) is 0 Å². The monoisotopic (exact) mass is 420 g/mol. The Hall–Kier alpha value is -2.70. The van der Waals surface area contributed by atoms with Gasteiger partial charge in [0.25, 0.3) is 0 Å². The van der Waals surface area contributed by atoms with E-state index >= 15 is 0 Å². The Morgan fingerprint density at radius 2 is 2.07 bits per heavy atom. The van der Waals surface area contributed by atoms with Crippen LogP contribution in [0.1, 0.15) is 18.5 Å². The first kappa shape index (κ1) is 20.6. The SMILES string of the molecule is C=CC12CC(C=N)=C(Nc3ccc(F)cc3)C=C1CCN(Sc1cccc(C)n1)C2. The molecule has 1 unspecified atom stereocenters. The number of piperidine rings is 1. The lowest BCUT2D eigenvalue weighted by Crippen LogP contribution is -2.42. The van der Waals surface area contributed by atoms with E-state index in [4.69, 9.17) is 5.41 Å². The van der Waals surface area contributed by atoms with Crippen LogP contribution >= 0.6 is 11.9 Å². The lowest BCUT2D eigenvalue weighted by Gasteiger charge is -2.45. The van der Waals surface area contributed by atoms with Crippen LogP contribution in [0.4, 0.5) is 10.1 Å². The van der Waals surface area contributed by atoms with Gasteiger partial charge in [0.1, 0.15) is 10.8 Å². The molecule has 2 aromatic rings. The topological polar surface area (TPSA) is 52.0 Å². The fourth-order valence-electron chi connectivity index (χ4n) is 4.06. The first-order valence-corrected chi connectivity index (χ1v) is 10.8. The van der Waals surface area contributed by atoms with E-state index in [9.17, 15) is 4.39 Å². The molecule has 0 radical (unpaired) electrons. The minimum absolute atomic E-state index is 0.198. The minimum atomic E-state index is -0.262. The molecule has 1 aliphatic heterocycles. The highest BCUT2D eigenvalue weighted by atomic mass is 32.2. The zero-order chi connectivity index (χ0) is 21.1. The summed E-state index contributed by atoms with van der Waals surface area (Å²) in [4.78, 5) is 4.61. The highest BCUT2D eigenvalue weighted by Crippen LogP contribution is 2.47. The summed E-state index contributed by atoms with van der Waals surface area (Å²) in [6, 6.07) is 12.4. The summed E-state index contributed by atoms with van der Waals surface area (Å²) in [6.07, 6.45) is 7.24. The molecule has 0 bridgehead atoms. The standard InChI is InChI=1S/C24H25FN4S/c1-3-24-14-18(15-26)22(28-21-9-7-20(25)8-10-21)13-19(24)11-12-29(16-24)30-23-6-4-5-17(2)27-23/h3-10,13,15,26,28H,1,11-12,14,16H2,2H3. The number of nitrogens with one attached hydrogen (secondary N) is 2. The normalized spacial score (nSPS) is 21.6. The summed E-state index contributed by atoms with van der Waals surface area (Å²) in [7, 11) is 0. The highest BCUT2D eigenvalue weighted by molar-refractivity contribution is 7.97. The van der Waals surface area contributed by atoms with E-state index in [2.05, 4.69) is 27.3 Å². The molecule has 1 aromatic heterocycles. The van der Waals surface area contributed by atoms with Crippen molar-refractivity contribution in [1.82, 2.24) is 9.29 Å². The lowest BCUT2D eigenvalue weighted by atomic mass is 9.69. The fourth-order valence-corrected chi connectivity index (χ4v) is 5.12. The molecule has 1 aromatic carbocycles. The Labute approximate surface area is 181 Å². The van der Waals surface area contributed by atoms with E-state index in [0.29, 0.717) is 6.42 Å². The van der Waals surface area contributed by atoms with Crippen LogP contribution in [-0.4, -0.2) is 28.6 Å². The first-order chi connectivity index (χ1) is 14.5. The average Bonchev–Trinajstić information content (AvgIpc) is 2.75. The summed E-state index contributed by atoms with van der Waals surface area (Å²) in [5.74, 6) is -0.262. The number of anilines is 1. The number of pyridine rings is 1. The molecule has 154 valence electrons. The third-order valence-electron chi connectivity index (χ3n) is 5.67. The van der Waals surface area contributed by atoms with Gasteiger partial charge in [-0.1, -0.05) is 17.7 Å². The van der Waals surface area contributed by atoms with E-state index < -0.39 is 0 Å². The molecule has 2 N–H and O–H groups in total. The van der Waals surface area contributed by atoms with Crippen molar-refractivity contribution in [2.75, 3.05) is 18.4 Å². The number of halogens is 1. The van der Waals surface area contributed by atoms with E-state index in [1.54, 1.807) is 24.1 Å². The highest BCUT2D eigenvalue weighted by Gasteiger charge is 2.40. The molecular weight excluding hydrogens is 395 g/mol. The second kappa shape index (κ2) is 8.58. The second-order valence-corrected chi connectivity index (χ2v) is 8.86. The molecule has 2 heterocycles. The van der Waals surface area contributed by atoms with Crippen molar-refractivity contribution < 1.29 is 4.39 Å². The van der Waals surface area contributed by atoms with Crippen LogP contribution < -0.4 is 5.32 Å². The maximum absolute atomic E-state index is 13.2. The number of hydrogen-bond acceptors (Lipinski definition) is 5. The number of allylic oxidation sites excluding steroid dienone is 2. The van der Waals surface area contributed by atoms with E-state index in [1.165, 1.54) is 23.9 Å². The lowest BCUT2D eigenvalue weighted by molar-refractivity contribution is 0.277. The summed E-state index contributed by atoms with van der Waals surface area (Å²) in [5.41, 5.74) is 4.78. The van der Waals surface area contributed by atoms with Crippen molar-refractivity contribution in [2.24, 2.45) is 5.41 Å². The first-order valence-electron chi connectivity index (χ1n) is 9.99. The van der Waals surface area contributed by atoms with Crippen LogP contribution in [0, 0.1) is 23.6 Å². The van der Waals surface area contributed by atoms with Gasteiger partial charge >= 0.3 is 0 Å². The number of benzene rings is 1. The van der Waals surface area contributed by atoms with Crippen molar-refractivity contribution in [2.45, 2.75) is 24.8 Å². The van der Waals surface area contributed by atoms with Crippen molar-refractivity contribution in [3.05, 3.63) is 89.5 Å². The Balaban J connectivity index is 1.56. The number of aromatic nitrogens is 1. The van der Waals surface area contributed by atoms with Gasteiger partial charge in [-0.15, -0.1) is 6.58 Å². The van der Waals surface area contributed by atoms with Crippen molar-refractivity contribution >= 4 is 23.8 Å². The third kappa shape index (κ3) is 4.25. The summed E-state index contributed by atoms with van der Waals surface area (Å²) in [5, 5.41) is 12.3. The number of rotatable bonds is 6. The smallest absolute Gasteiger partial charge is 0.123 e. The third-order valence-corrected chi connectivity index (χ3v) is 6.66. The molecular formula is C24H25FN4S. The van der Waals surface area contributed by atoms with E-state index in [0.717, 1.165) is 47.2 Å². The number of fused-ring (bicyclic) bond motifs is 1. The Morgan fingerprint density at radius 1 is 1.27 bits per heavy atom. The number of nitrogens with zero attached hydrogens (tertiary/aromatic N) is 2. The Bertz CT molecular complexity index is 1030. The molecule has 1 fully saturated rings. The number of hydrogen-bond donors (Lipinski definition) is 2. The molecule has 4 nitrogen and oxygen atoms in total. The van der Waals surface area contributed by atoms with Crippen LogP contribution in [0.15, 0.2) is 83.1 Å². The van der Waals surface area contributed by atoms with E-state index in [-0.39, 0.29) is 11.2 Å². The van der Waals surface area contributed by atoms with Crippen LogP contribution in [0.3, 0.4) is 0 Å². The van der Waals surface area contributed by atoms with Gasteiger partial charge in [-0.05, 0) is 79.8 Å². The maximum atomic E-state index is 13.2. The van der Waals surface area contributed by atoms with Crippen LogP contribution in [0.2, 0.25) is 0 Å². The molecule has 1 saturated heterocycles. The zero-order valence-corrected chi connectivity index (χ0v) is 17.8. The van der Waals surface area contributed by atoms with E-state index in [1.807, 2.05) is 31.2 Å². The van der Waals surface area contributed by atoms with Gasteiger partial charge in [0.2, 0.25) is 0 Å². The van der Waals surface area contributed by atoms with Crippen LogP contribution in [0.5, 0.6) is 0 Å². The predicted molar refractivity (Wildman–Crippen MR) is 122 cm³/mol. The predicted octanol–water partition coefficient (Wildman–Crippen LogP) is 5.76. The van der Waals surface area contributed by atoms with Crippen LogP contribution in [-0.2, 0) is 0 Å². The average molecular weight is 421 g/mol. The van der Waals surface area contributed by atoms with Gasteiger partial charge < -0.3 is 10.7 Å². The molecule has 1 atom stereocenters. The van der Waals surface area contributed by atoms with Gasteiger partial charge in [0.15, 0.2) is 0 Å². The van der Waals surface area contributed by atoms with Gasteiger partial charge in [-0.3, -0.25) is 0 Å². The summed E-state index contributed by atoms with van der Waals surface area (Å²) >= 11 is 1.68. The molecule has 4 rings (SSSR count). The van der Waals surface area contributed by atoms with Gasteiger partial charge in [-0.25, -0.2) is 13.7 Å². The van der Waals surface area contributed by atoms with Gasteiger partial charge in [0.05, 0.1) is 0 Å². The minimum Gasteiger partial charge on any atom is -0.355 e. The molecule has 1 aliphatic carbocycles. The number of aryl methyl sites for hydroxylation is 1. The summed E-state index contributed by atoms with van der Waals surface area (Å²) < 4.78 is 15.6. The summed E-state index contributed by atoms with van der Waals surface area (Å²) in [6.45, 7) is 7.90. The molecule has 2 aliphatic rings. The molecule has 0 spiro atoms. The Morgan fingerprint density at radius 3 is 2.77 bits per heavy atom. The molecule has 30 heavy (non-hydrogen) atoms. The Kier molecular flexibility index (Phi) is 5.88. The quantitative estimate of drug-likeness (QED) is 0.354. The van der Waals surface area contributed by atoms with Crippen molar-refractivity contribution in [1.29, 1.82) is 5.41 Å². The largest absolute Gasteiger partial charge is 0.355 e. The maximum Gasteiger partial charge on any atom is 0.123 e. The van der Waals surface area contributed by atoms with Crippen molar-refractivity contribution in [3.8, 4) is 0 Å². The van der Waals surface area contributed by atoms with Crippen molar-refractivity contribution in [3.63, 3.8) is 0 Å². The second-order valence-electron chi connectivity index (χ2n) is 7.74.